The molecular formula is C39H20N8. The lowest BCUT2D eigenvalue weighted by molar-refractivity contribution is 0.907. The van der Waals surface area contributed by atoms with Gasteiger partial charge in [-0.05, 0) is 42.0 Å². The lowest BCUT2D eigenvalue weighted by atomic mass is 9.92. The van der Waals surface area contributed by atoms with Crippen LogP contribution in [-0.2, 0) is 0 Å². The summed E-state index contributed by atoms with van der Waals surface area (Å²) >= 11 is 0. The van der Waals surface area contributed by atoms with Crippen molar-refractivity contribution in [3.05, 3.63) is 131 Å². The summed E-state index contributed by atoms with van der Waals surface area (Å²) in [7, 11) is 0. The van der Waals surface area contributed by atoms with Gasteiger partial charge in [0.1, 0.15) is 23.2 Å². The lowest BCUT2D eigenvalue weighted by Gasteiger charge is -2.15. The lowest BCUT2D eigenvalue weighted by Crippen LogP contribution is -2.04. The number of hydrogen-bond acceptors (Lipinski definition) is 6. The molecule has 0 saturated heterocycles. The molecule has 0 spiro atoms. The van der Waals surface area contributed by atoms with Crippen molar-refractivity contribution in [1.29, 1.82) is 10.5 Å². The number of nitrogens with zero attached hydrogens (tertiary/aromatic N) is 6. The average molecular weight is 601 g/mol. The zero-order chi connectivity index (χ0) is 31.2. The molecule has 5 aromatic heterocycles. The summed E-state index contributed by atoms with van der Waals surface area (Å²) in [6, 6.07) is 39.5. The van der Waals surface area contributed by atoms with E-state index in [4.69, 9.17) is 9.97 Å². The Labute approximate surface area is 266 Å². The number of aromatic nitrogens is 6. The molecule has 0 atom stereocenters. The molecule has 8 heteroatoms. The number of aromatic amines is 2. The second kappa shape index (κ2) is 9.31. The summed E-state index contributed by atoms with van der Waals surface area (Å²) in [5.41, 5.74) is 11.1. The molecule has 1 aliphatic rings. The minimum absolute atomic E-state index is 0.0152. The predicted octanol–water partition coefficient (Wildman–Crippen LogP) is 8.26. The Bertz CT molecular complexity index is 2710. The van der Waals surface area contributed by atoms with E-state index >= 15 is 0 Å². The fourth-order valence-electron chi connectivity index (χ4n) is 7.19. The largest absolute Gasteiger partial charge is 0.357 e. The van der Waals surface area contributed by atoms with Crippen LogP contribution in [0.2, 0.25) is 0 Å². The van der Waals surface area contributed by atoms with Crippen LogP contribution in [0.25, 0.3) is 77.2 Å². The molecule has 0 unspecified atom stereocenters. The maximum Gasteiger partial charge on any atom is 0.177 e. The smallest absolute Gasteiger partial charge is 0.177 e. The van der Waals surface area contributed by atoms with Crippen LogP contribution in [0.1, 0.15) is 34.3 Å². The minimum atomic E-state index is -0.0731. The number of para-hydroxylation sites is 2. The van der Waals surface area contributed by atoms with Gasteiger partial charge in [0.2, 0.25) is 0 Å². The van der Waals surface area contributed by atoms with E-state index in [2.05, 4.69) is 92.7 Å². The maximum atomic E-state index is 9.78. The van der Waals surface area contributed by atoms with E-state index in [0.29, 0.717) is 32.8 Å². The molecule has 6 heterocycles. The Kier molecular flexibility index (Phi) is 5.03. The SMILES string of the molecule is N#Cc1nc2c3ccc4nc3c3nc(ccc3c2nc1C#N)-c1cccc2cc([nH]c12)C(c1ccccc1)c1cc2cccc-4c2[nH]1. The van der Waals surface area contributed by atoms with E-state index < -0.39 is 0 Å². The monoisotopic (exact) mass is 600 g/mol. The molecule has 216 valence electrons. The third-order valence-corrected chi connectivity index (χ3v) is 9.29. The van der Waals surface area contributed by atoms with E-state index in [-0.39, 0.29) is 17.3 Å². The zero-order valence-electron chi connectivity index (χ0n) is 24.6. The predicted molar refractivity (Wildman–Crippen MR) is 182 cm³/mol. The van der Waals surface area contributed by atoms with Crippen molar-refractivity contribution in [2.75, 3.05) is 0 Å². The number of hydrogen-bond donors (Lipinski definition) is 2. The highest BCUT2D eigenvalue weighted by atomic mass is 14.9. The van der Waals surface area contributed by atoms with Crippen molar-refractivity contribution in [3.63, 3.8) is 0 Å². The van der Waals surface area contributed by atoms with Crippen LogP contribution in [0.5, 0.6) is 0 Å². The second-order valence-electron chi connectivity index (χ2n) is 11.9. The Balaban J connectivity index is 1.40. The van der Waals surface area contributed by atoms with Crippen molar-refractivity contribution in [3.8, 4) is 34.7 Å². The average Bonchev–Trinajstić information content (AvgIpc) is 3.75. The first-order valence-electron chi connectivity index (χ1n) is 15.2. The van der Waals surface area contributed by atoms with Gasteiger partial charge in [-0.15, -0.1) is 0 Å². The van der Waals surface area contributed by atoms with Gasteiger partial charge in [0, 0.05) is 44.1 Å². The van der Waals surface area contributed by atoms with Gasteiger partial charge in [0.25, 0.3) is 0 Å². The zero-order valence-corrected chi connectivity index (χ0v) is 24.6. The van der Waals surface area contributed by atoms with Gasteiger partial charge in [-0.3, -0.25) is 0 Å². The first-order chi connectivity index (χ1) is 23.2. The van der Waals surface area contributed by atoms with Gasteiger partial charge in [0.05, 0.1) is 39.4 Å². The number of fused-ring (bicyclic) bond motifs is 9. The van der Waals surface area contributed by atoms with Crippen LogP contribution in [0, 0.1) is 22.7 Å². The first-order valence-corrected chi connectivity index (χ1v) is 15.2. The molecule has 9 aromatic rings. The normalized spacial score (nSPS) is 12.6. The maximum absolute atomic E-state index is 9.78. The number of nitriles is 2. The Morgan fingerprint density at radius 3 is 1.49 bits per heavy atom. The molecule has 2 N–H and O–H groups in total. The Morgan fingerprint density at radius 1 is 0.511 bits per heavy atom. The van der Waals surface area contributed by atoms with Crippen molar-refractivity contribution >= 4 is 54.6 Å². The van der Waals surface area contributed by atoms with Crippen LogP contribution < -0.4 is 0 Å². The summed E-state index contributed by atoms with van der Waals surface area (Å²) in [5, 5.41) is 23.1. The number of rotatable bonds is 1. The summed E-state index contributed by atoms with van der Waals surface area (Å²) in [6.07, 6.45) is 0. The fourth-order valence-corrected chi connectivity index (χ4v) is 7.19. The summed E-state index contributed by atoms with van der Waals surface area (Å²) in [4.78, 5) is 27.4. The standard InChI is InChI=1S/C39H20N8/c40-18-31-32(19-41)47-39-26-13-15-28-24-11-5-9-22-17-30(45-35(22)24)33(20-6-2-1-3-7-20)29-16-21-8-4-10-23(34(21)44-29)27-14-12-25(38(39)46-31)36(42-27)37(26)43-28/h1-17,33,44-45H. The van der Waals surface area contributed by atoms with Crippen LogP contribution >= 0.6 is 0 Å². The Hall–Kier alpha value is -6.90. The van der Waals surface area contributed by atoms with Gasteiger partial charge in [0.15, 0.2) is 11.4 Å². The number of pyridine rings is 2. The molecule has 0 saturated carbocycles. The van der Waals surface area contributed by atoms with Gasteiger partial charge in [-0.25, -0.2) is 19.9 Å². The molecule has 0 radical (unpaired) electrons. The summed E-state index contributed by atoms with van der Waals surface area (Å²) in [6.45, 7) is 0. The van der Waals surface area contributed by atoms with Crippen molar-refractivity contribution < 1.29 is 0 Å². The molecule has 4 aromatic carbocycles. The molecule has 47 heavy (non-hydrogen) atoms. The molecule has 0 fully saturated rings. The van der Waals surface area contributed by atoms with Gasteiger partial charge in [-0.1, -0.05) is 66.7 Å². The van der Waals surface area contributed by atoms with Crippen LogP contribution in [0.15, 0.2) is 103 Å². The second-order valence-corrected chi connectivity index (χ2v) is 11.9. The highest BCUT2D eigenvalue weighted by Crippen LogP contribution is 2.40. The Morgan fingerprint density at radius 2 is 1.00 bits per heavy atom. The van der Waals surface area contributed by atoms with Gasteiger partial charge < -0.3 is 9.97 Å². The van der Waals surface area contributed by atoms with Crippen LogP contribution in [0.4, 0.5) is 0 Å². The minimum Gasteiger partial charge on any atom is -0.357 e. The number of nitrogens with one attached hydrogen (secondary N) is 2. The van der Waals surface area contributed by atoms with Crippen molar-refractivity contribution in [2.45, 2.75) is 5.92 Å². The molecule has 8 nitrogen and oxygen atoms in total. The fraction of sp³-hybridized carbons (Fsp3) is 0.0256. The van der Waals surface area contributed by atoms with Gasteiger partial charge >= 0.3 is 0 Å². The van der Waals surface area contributed by atoms with Crippen LogP contribution in [0.3, 0.4) is 0 Å². The first kappa shape index (κ1) is 25.4. The van der Waals surface area contributed by atoms with E-state index in [0.717, 1.165) is 55.7 Å². The highest BCUT2D eigenvalue weighted by Gasteiger charge is 2.24. The topological polar surface area (TPSA) is 131 Å². The molecule has 1 aliphatic heterocycles. The third kappa shape index (κ3) is 3.55. The van der Waals surface area contributed by atoms with Gasteiger partial charge in [-0.2, -0.15) is 10.5 Å². The highest BCUT2D eigenvalue weighted by molar-refractivity contribution is 6.21. The van der Waals surface area contributed by atoms with Crippen molar-refractivity contribution in [2.24, 2.45) is 0 Å². The molecule has 0 amide bonds. The van der Waals surface area contributed by atoms with Crippen molar-refractivity contribution in [1.82, 2.24) is 29.9 Å². The van der Waals surface area contributed by atoms with E-state index in [1.807, 2.05) is 42.5 Å². The van der Waals surface area contributed by atoms with E-state index in [1.165, 1.54) is 5.56 Å². The quantitative estimate of drug-likeness (QED) is 0.182. The number of H-pyrrole nitrogens is 2. The third-order valence-electron chi connectivity index (χ3n) is 9.29. The van der Waals surface area contributed by atoms with Crippen LogP contribution in [-0.4, -0.2) is 29.9 Å². The summed E-state index contributed by atoms with van der Waals surface area (Å²) < 4.78 is 0. The molecule has 10 rings (SSSR count). The van der Waals surface area contributed by atoms with E-state index in [9.17, 15) is 10.5 Å². The molecule has 8 bridgehead atoms. The summed E-state index contributed by atoms with van der Waals surface area (Å²) in [5.74, 6) is -0.0731. The molecule has 0 aliphatic carbocycles. The molecular weight excluding hydrogens is 580 g/mol. The van der Waals surface area contributed by atoms with E-state index in [1.54, 1.807) is 0 Å². The number of benzene rings is 4.